The van der Waals surface area contributed by atoms with E-state index in [1.54, 1.807) is 18.2 Å². The number of carboxylic acids is 1. The van der Waals surface area contributed by atoms with Gasteiger partial charge in [-0.3, -0.25) is 9.59 Å². The van der Waals surface area contributed by atoms with Crippen molar-refractivity contribution in [2.45, 2.75) is 24.3 Å². The number of rotatable bonds is 6. The number of carbonyl (C=O) groups is 2. The van der Waals surface area contributed by atoms with Gasteiger partial charge in [0.05, 0.1) is 0 Å². The molecule has 4 nitrogen and oxygen atoms in total. The topological polar surface area (TPSA) is 80.4 Å². The fourth-order valence-corrected chi connectivity index (χ4v) is 2.45. The highest BCUT2D eigenvalue weighted by Crippen LogP contribution is 2.22. The summed E-state index contributed by atoms with van der Waals surface area (Å²) in [6.45, 7) is 1.83. The summed E-state index contributed by atoms with van der Waals surface area (Å²) >= 11 is 1.31. The van der Waals surface area contributed by atoms with Gasteiger partial charge in [0.2, 0.25) is 5.91 Å². The highest BCUT2D eigenvalue weighted by atomic mass is 32.2. The number of benzene rings is 1. The summed E-state index contributed by atoms with van der Waals surface area (Å²) in [6, 6.07) is 6.99. The minimum atomic E-state index is -0.825. The van der Waals surface area contributed by atoms with Crippen LogP contribution in [0.25, 0.3) is 0 Å². The number of amides is 1. The van der Waals surface area contributed by atoms with Crippen LogP contribution in [0.4, 0.5) is 0 Å². The fourth-order valence-electron chi connectivity index (χ4n) is 1.44. The van der Waals surface area contributed by atoms with Crippen LogP contribution in [-0.2, 0) is 10.5 Å². The Kier molecular flexibility index (Phi) is 5.03. The van der Waals surface area contributed by atoms with E-state index < -0.39 is 17.1 Å². The molecule has 0 heterocycles. The van der Waals surface area contributed by atoms with Crippen molar-refractivity contribution >= 4 is 23.6 Å². The Morgan fingerprint density at radius 1 is 1.41 bits per heavy atom. The Labute approximate surface area is 104 Å². The molecule has 0 aromatic heterocycles. The Hall–Kier alpha value is -1.49. The van der Waals surface area contributed by atoms with E-state index in [-0.39, 0.29) is 0 Å². The van der Waals surface area contributed by atoms with Gasteiger partial charge >= 0.3 is 5.97 Å². The van der Waals surface area contributed by atoms with Gasteiger partial charge in [0.25, 0.3) is 0 Å². The molecule has 5 heteroatoms. The van der Waals surface area contributed by atoms with Crippen LogP contribution in [-0.4, -0.2) is 22.2 Å². The van der Waals surface area contributed by atoms with Gasteiger partial charge in [0, 0.05) is 11.3 Å². The highest BCUT2D eigenvalue weighted by molar-refractivity contribution is 7.99. The first-order valence-electron chi connectivity index (χ1n) is 5.28. The molecule has 0 spiro atoms. The second kappa shape index (κ2) is 6.30. The second-order valence-electron chi connectivity index (χ2n) is 3.57. The lowest BCUT2D eigenvalue weighted by atomic mass is 10.1. The van der Waals surface area contributed by atoms with E-state index in [4.69, 9.17) is 10.8 Å². The molecule has 0 aliphatic carbocycles. The molecule has 0 aliphatic rings. The van der Waals surface area contributed by atoms with E-state index in [0.29, 0.717) is 17.7 Å². The van der Waals surface area contributed by atoms with E-state index in [2.05, 4.69) is 0 Å². The van der Waals surface area contributed by atoms with Gasteiger partial charge in [-0.1, -0.05) is 25.1 Å². The van der Waals surface area contributed by atoms with Crippen molar-refractivity contribution in [2.24, 2.45) is 5.73 Å². The number of primary amides is 1. The van der Waals surface area contributed by atoms with Crippen molar-refractivity contribution in [2.75, 3.05) is 0 Å². The lowest BCUT2D eigenvalue weighted by Crippen LogP contribution is -2.16. The van der Waals surface area contributed by atoms with E-state index in [1.165, 1.54) is 11.8 Å². The third-order valence-corrected chi connectivity index (χ3v) is 3.78. The van der Waals surface area contributed by atoms with Gasteiger partial charge in [0.1, 0.15) is 5.25 Å². The van der Waals surface area contributed by atoms with Gasteiger partial charge in [-0.2, -0.15) is 0 Å². The summed E-state index contributed by atoms with van der Waals surface area (Å²) in [4.78, 5) is 22.0. The molecule has 0 aliphatic heterocycles. The van der Waals surface area contributed by atoms with Gasteiger partial charge < -0.3 is 10.8 Å². The van der Waals surface area contributed by atoms with Gasteiger partial charge in [-0.15, -0.1) is 11.8 Å². The zero-order chi connectivity index (χ0) is 12.8. The Balaban J connectivity index is 2.75. The molecule has 0 saturated heterocycles. The van der Waals surface area contributed by atoms with Crippen molar-refractivity contribution in [3.05, 3.63) is 35.4 Å². The average Bonchev–Trinajstić information content (AvgIpc) is 2.29. The molecule has 1 aromatic rings. The maximum atomic E-state index is 11.2. The highest BCUT2D eigenvalue weighted by Gasteiger charge is 2.16. The van der Waals surface area contributed by atoms with Crippen molar-refractivity contribution in [1.82, 2.24) is 0 Å². The van der Waals surface area contributed by atoms with Crippen LogP contribution in [0.2, 0.25) is 0 Å². The number of nitrogens with two attached hydrogens (primary N) is 1. The molecule has 1 aromatic carbocycles. The summed E-state index contributed by atoms with van der Waals surface area (Å²) in [5.74, 6) is -0.831. The van der Waals surface area contributed by atoms with E-state index >= 15 is 0 Å². The van der Waals surface area contributed by atoms with Gasteiger partial charge in [-0.05, 0) is 18.1 Å². The fraction of sp³-hybridized carbons (Fsp3) is 0.333. The number of carboxylic acid groups (broad SMARTS) is 1. The second-order valence-corrected chi connectivity index (χ2v) is 4.76. The average molecular weight is 253 g/mol. The summed E-state index contributed by atoms with van der Waals surface area (Å²) in [6.07, 6.45) is 0.554. The minimum Gasteiger partial charge on any atom is -0.480 e. The molecular weight excluding hydrogens is 238 g/mol. The number of thioether (sulfide) groups is 1. The SMILES string of the molecule is CCC(SCc1ccccc1C(N)=O)C(=O)O. The van der Waals surface area contributed by atoms with Crippen LogP contribution < -0.4 is 5.73 Å². The molecule has 1 atom stereocenters. The molecule has 0 bridgehead atoms. The third kappa shape index (κ3) is 3.78. The molecule has 17 heavy (non-hydrogen) atoms. The molecule has 0 saturated carbocycles. The first kappa shape index (κ1) is 13.6. The van der Waals surface area contributed by atoms with Crippen molar-refractivity contribution in [3.8, 4) is 0 Å². The number of hydrogen-bond acceptors (Lipinski definition) is 3. The number of carbonyl (C=O) groups excluding carboxylic acids is 1. The smallest absolute Gasteiger partial charge is 0.316 e. The molecule has 3 N–H and O–H groups in total. The predicted octanol–water partition coefficient (Wildman–Crippen LogP) is 1.88. The third-order valence-electron chi connectivity index (χ3n) is 2.37. The monoisotopic (exact) mass is 253 g/mol. The van der Waals surface area contributed by atoms with E-state index in [9.17, 15) is 9.59 Å². The standard InChI is InChI=1S/C12H15NO3S/c1-2-10(12(15)16)17-7-8-5-3-4-6-9(8)11(13)14/h3-6,10H,2,7H2,1H3,(H2,13,14)(H,15,16). The lowest BCUT2D eigenvalue weighted by molar-refractivity contribution is -0.136. The van der Waals surface area contributed by atoms with Gasteiger partial charge in [0.15, 0.2) is 0 Å². The zero-order valence-corrected chi connectivity index (χ0v) is 10.4. The van der Waals surface area contributed by atoms with Crippen LogP contribution >= 0.6 is 11.8 Å². The van der Waals surface area contributed by atoms with Crippen molar-refractivity contribution in [1.29, 1.82) is 0 Å². The summed E-state index contributed by atoms with van der Waals surface area (Å²) in [5.41, 5.74) is 6.49. The Morgan fingerprint density at radius 2 is 2.06 bits per heavy atom. The maximum absolute atomic E-state index is 11.2. The van der Waals surface area contributed by atoms with Crippen LogP contribution in [0, 0.1) is 0 Å². The van der Waals surface area contributed by atoms with E-state index in [1.807, 2.05) is 13.0 Å². The largest absolute Gasteiger partial charge is 0.480 e. The summed E-state index contributed by atoms with van der Waals surface area (Å²) in [5, 5.41) is 8.47. The summed E-state index contributed by atoms with van der Waals surface area (Å²) in [7, 11) is 0. The van der Waals surface area contributed by atoms with Gasteiger partial charge in [-0.25, -0.2) is 0 Å². The quantitative estimate of drug-likeness (QED) is 0.811. The maximum Gasteiger partial charge on any atom is 0.316 e. The van der Waals surface area contributed by atoms with Crippen LogP contribution in [0.1, 0.15) is 29.3 Å². The molecule has 1 unspecified atom stereocenters. The zero-order valence-electron chi connectivity index (χ0n) is 9.55. The van der Waals surface area contributed by atoms with Crippen molar-refractivity contribution < 1.29 is 14.7 Å². The predicted molar refractivity (Wildman–Crippen MR) is 68.0 cm³/mol. The molecule has 0 radical (unpaired) electrons. The molecule has 0 fully saturated rings. The number of aliphatic carboxylic acids is 1. The van der Waals surface area contributed by atoms with Crippen molar-refractivity contribution in [3.63, 3.8) is 0 Å². The lowest BCUT2D eigenvalue weighted by Gasteiger charge is -2.11. The summed E-state index contributed by atoms with van der Waals surface area (Å²) < 4.78 is 0. The molecule has 1 amide bonds. The normalized spacial score (nSPS) is 12.1. The first-order valence-corrected chi connectivity index (χ1v) is 6.33. The van der Waals surface area contributed by atoms with Crippen LogP contribution in [0.3, 0.4) is 0 Å². The Morgan fingerprint density at radius 3 is 2.59 bits per heavy atom. The Bertz CT molecular complexity index is 420. The van der Waals surface area contributed by atoms with E-state index in [0.717, 1.165) is 5.56 Å². The molecule has 92 valence electrons. The first-order chi connectivity index (χ1) is 8.06. The number of hydrogen-bond donors (Lipinski definition) is 2. The minimum absolute atomic E-state index is 0.448. The molecule has 1 rings (SSSR count). The molecular formula is C12H15NO3S. The van der Waals surface area contributed by atoms with Crippen LogP contribution in [0.15, 0.2) is 24.3 Å². The van der Waals surface area contributed by atoms with Crippen LogP contribution in [0.5, 0.6) is 0 Å².